The van der Waals surface area contributed by atoms with Gasteiger partial charge in [0.15, 0.2) is 0 Å². The van der Waals surface area contributed by atoms with Crippen molar-refractivity contribution in [2.24, 2.45) is 0 Å². The molecule has 1 nitrogen and oxygen atoms in total. The fourth-order valence-corrected chi connectivity index (χ4v) is 2.20. The van der Waals surface area contributed by atoms with Crippen molar-refractivity contribution in [1.82, 2.24) is 4.98 Å². The van der Waals surface area contributed by atoms with Crippen LogP contribution in [0, 0.1) is 5.82 Å². The summed E-state index contributed by atoms with van der Waals surface area (Å²) >= 11 is 1.46. The zero-order valence-electron chi connectivity index (χ0n) is 8.53. The van der Waals surface area contributed by atoms with Gasteiger partial charge in [-0.05, 0) is 18.1 Å². The van der Waals surface area contributed by atoms with Gasteiger partial charge in [0.05, 0.1) is 10.4 Å². The van der Waals surface area contributed by atoms with Crippen LogP contribution in [0.15, 0.2) is 29.9 Å². The van der Waals surface area contributed by atoms with Gasteiger partial charge in [0.25, 0.3) is 0 Å². The molecule has 0 aliphatic heterocycles. The van der Waals surface area contributed by atoms with Crippen molar-refractivity contribution in [3.05, 3.63) is 41.3 Å². The Kier molecular flexibility index (Phi) is 3.11. The van der Waals surface area contributed by atoms with Gasteiger partial charge in [-0.2, -0.15) is 0 Å². The Morgan fingerprint density at radius 3 is 2.87 bits per heavy atom. The van der Waals surface area contributed by atoms with Crippen LogP contribution in [0.5, 0.6) is 0 Å². The van der Waals surface area contributed by atoms with E-state index in [0.717, 1.165) is 23.3 Å². The number of halogens is 1. The van der Waals surface area contributed by atoms with E-state index in [4.69, 9.17) is 0 Å². The molecule has 3 heteroatoms. The quantitative estimate of drug-likeness (QED) is 0.766. The number of aromatic nitrogens is 1. The SMILES string of the molecule is CCCc1ccc(-c2cncs2)c(F)c1. The lowest BCUT2D eigenvalue weighted by atomic mass is 10.1. The largest absolute Gasteiger partial charge is 0.252 e. The normalized spacial score (nSPS) is 10.5. The van der Waals surface area contributed by atoms with Gasteiger partial charge in [0.1, 0.15) is 5.82 Å². The predicted molar refractivity (Wildman–Crippen MR) is 61.5 cm³/mol. The molecule has 0 amide bonds. The maximum absolute atomic E-state index is 13.7. The standard InChI is InChI=1S/C12H12FNS/c1-2-3-9-4-5-10(11(13)6-9)12-7-14-8-15-12/h4-8H,2-3H2,1H3. The number of hydrogen-bond donors (Lipinski definition) is 0. The third-order valence-corrected chi connectivity index (χ3v) is 3.08. The van der Waals surface area contributed by atoms with Crippen molar-refractivity contribution in [3.8, 4) is 10.4 Å². The van der Waals surface area contributed by atoms with Crippen LogP contribution in [-0.4, -0.2) is 4.98 Å². The highest BCUT2D eigenvalue weighted by Crippen LogP contribution is 2.26. The molecule has 2 aromatic rings. The Hall–Kier alpha value is -1.22. The van der Waals surface area contributed by atoms with E-state index in [1.807, 2.05) is 12.1 Å². The minimum Gasteiger partial charge on any atom is -0.252 e. The van der Waals surface area contributed by atoms with Crippen LogP contribution >= 0.6 is 11.3 Å². The highest BCUT2D eigenvalue weighted by molar-refractivity contribution is 7.13. The highest BCUT2D eigenvalue weighted by Gasteiger charge is 2.06. The summed E-state index contributed by atoms with van der Waals surface area (Å²) in [7, 11) is 0. The van der Waals surface area contributed by atoms with Crippen molar-refractivity contribution in [2.45, 2.75) is 19.8 Å². The first-order valence-electron chi connectivity index (χ1n) is 4.98. The Labute approximate surface area is 92.6 Å². The number of aryl methyl sites for hydroxylation is 1. The molecule has 0 aliphatic rings. The Morgan fingerprint density at radius 1 is 1.40 bits per heavy atom. The molecule has 0 atom stereocenters. The smallest absolute Gasteiger partial charge is 0.132 e. The number of benzene rings is 1. The predicted octanol–water partition coefficient (Wildman–Crippen LogP) is 3.90. The second-order valence-electron chi connectivity index (χ2n) is 3.43. The average Bonchev–Trinajstić information content (AvgIpc) is 2.71. The Balaban J connectivity index is 2.35. The summed E-state index contributed by atoms with van der Waals surface area (Å²) in [6.45, 7) is 2.09. The van der Waals surface area contributed by atoms with Crippen LogP contribution < -0.4 is 0 Å². The molecule has 0 radical (unpaired) electrons. The summed E-state index contributed by atoms with van der Waals surface area (Å²) < 4.78 is 13.7. The van der Waals surface area contributed by atoms with Crippen molar-refractivity contribution >= 4 is 11.3 Å². The lowest BCUT2D eigenvalue weighted by Gasteiger charge is -2.03. The summed E-state index contributed by atoms with van der Waals surface area (Å²) in [5.41, 5.74) is 3.43. The summed E-state index contributed by atoms with van der Waals surface area (Å²) in [5.74, 6) is -0.148. The molecule has 0 saturated carbocycles. The first-order chi connectivity index (χ1) is 7.31. The van der Waals surface area contributed by atoms with E-state index >= 15 is 0 Å². The van der Waals surface area contributed by atoms with E-state index in [1.54, 1.807) is 17.8 Å². The molecule has 1 heterocycles. The topological polar surface area (TPSA) is 12.9 Å². The maximum atomic E-state index is 13.7. The van der Waals surface area contributed by atoms with E-state index in [9.17, 15) is 4.39 Å². The molecular weight excluding hydrogens is 209 g/mol. The summed E-state index contributed by atoms with van der Waals surface area (Å²) in [6.07, 6.45) is 3.67. The van der Waals surface area contributed by atoms with Gasteiger partial charge in [-0.3, -0.25) is 4.98 Å². The van der Waals surface area contributed by atoms with Crippen molar-refractivity contribution in [2.75, 3.05) is 0 Å². The average molecular weight is 221 g/mol. The minimum absolute atomic E-state index is 0.148. The van der Waals surface area contributed by atoms with Crippen LogP contribution in [-0.2, 0) is 6.42 Å². The van der Waals surface area contributed by atoms with Crippen LogP contribution in [0.2, 0.25) is 0 Å². The number of nitrogens with zero attached hydrogens (tertiary/aromatic N) is 1. The summed E-state index contributed by atoms with van der Waals surface area (Å²) in [5, 5.41) is 0. The van der Waals surface area contributed by atoms with Crippen LogP contribution in [0.4, 0.5) is 4.39 Å². The molecule has 0 unspecified atom stereocenters. The van der Waals surface area contributed by atoms with E-state index < -0.39 is 0 Å². The molecule has 0 aliphatic carbocycles. The minimum atomic E-state index is -0.148. The van der Waals surface area contributed by atoms with Gasteiger partial charge in [0, 0.05) is 11.8 Å². The molecule has 0 N–H and O–H groups in total. The lowest BCUT2D eigenvalue weighted by Crippen LogP contribution is -1.87. The second kappa shape index (κ2) is 4.53. The molecule has 0 saturated heterocycles. The van der Waals surface area contributed by atoms with Crippen LogP contribution in [0.25, 0.3) is 10.4 Å². The van der Waals surface area contributed by atoms with Crippen molar-refractivity contribution < 1.29 is 4.39 Å². The molecule has 0 fully saturated rings. The zero-order chi connectivity index (χ0) is 10.7. The first-order valence-corrected chi connectivity index (χ1v) is 5.86. The summed E-state index contributed by atoms with van der Waals surface area (Å²) in [6, 6.07) is 5.45. The van der Waals surface area contributed by atoms with Crippen molar-refractivity contribution in [1.29, 1.82) is 0 Å². The number of thiazole rings is 1. The zero-order valence-corrected chi connectivity index (χ0v) is 9.35. The van der Waals surface area contributed by atoms with E-state index in [0.29, 0.717) is 5.56 Å². The molecule has 2 rings (SSSR count). The van der Waals surface area contributed by atoms with Crippen molar-refractivity contribution in [3.63, 3.8) is 0 Å². The Morgan fingerprint density at radius 2 is 2.27 bits per heavy atom. The third kappa shape index (κ3) is 2.23. The van der Waals surface area contributed by atoms with E-state index in [1.165, 1.54) is 11.3 Å². The molecule has 1 aromatic heterocycles. The van der Waals surface area contributed by atoms with E-state index in [2.05, 4.69) is 11.9 Å². The molecule has 15 heavy (non-hydrogen) atoms. The molecule has 0 spiro atoms. The molecule has 1 aromatic carbocycles. The van der Waals surface area contributed by atoms with Crippen LogP contribution in [0.1, 0.15) is 18.9 Å². The Bertz CT molecular complexity index is 437. The number of hydrogen-bond acceptors (Lipinski definition) is 2. The molecule has 0 bridgehead atoms. The summed E-state index contributed by atoms with van der Waals surface area (Å²) in [4.78, 5) is 4.84. The maximum Gasteiger partial charge on any atom is 0.132 e. The fraction of sp³-hybridized carbons (Fsp3) is 0.250. The van der Waals surface area contributed by atoms with Gasteiger partial charge in [-0.15, -0.1) is 11.3 Å². The first kappa shape index (κ1) is 10.3. The van der Waals surface area contributed by atoms with E-state index in [-0.39, 0.29) is 5.82 Å². The number of rotatable bonds is 3. The second-order valence-corrected chi connectivity index (χ2v) is 4.32. The lowest BCUT2D eigenvalue weighted by molar-refractivity contribution is 0.629. The fourth-order valence-electron chi connectivity index (χ4n) is 1.55. The van der Waals surface area contributed by atoms with Crippen LogP contribution in [0.3, 0.4) is 0 Å². The monoisotopic (exact) mass is 221 g/mol. The van der Waals surface area contributed by atoms with Gasteiger partial charge in [-0.25, -0.2) is 4.39 Å². The third-order valence-electron chi connectivity index (χ3n) is 2.27. The highest BCUT2D eigenvalue weighted by atomic mass is 32.1. The van der Waals surface area contributed by atoms with Gasteiger partial charge < -0.3 is 0 Å². The van der Waals surface area contributed by atoms with Gasteiger partial charge in [0.2, 0.25) is 0 Å². The van der Waals surface area contributed by atoms with Gasteiger partial charge in [-0.1, -0.05) is 25.5 Å². The molecular formula is C12H12FNS. The van der Waals surface area contributed by atoms with Gasteiger partial charge >= 0.3 is 0 Å². The molecule has 78 valence electrons.